The third-order valence-electron chi connectivity index (χ3n) is 4.31. The van der Waals surface area contributed by atoms with E-state index in [4.69, 9.17) is 32.4 Å². The number of aliphatic hydroxyl groups is 4. The van der Waals surface area contributed by atoms with Crippen LogP contribution in [0.25, 0.3) is 0 Å². The lowest BCUT2D eigenvalue weighted by Gasteiger charge is -2.45. The van der Waals surface area contributed by atoms with Crippen molar-refractivity contribution in [1.29, 1.82) is 0 Å². The summed E-state index contributed by atoms with van der Waals surface area (Å²) in [5.41, 5.74) is 22.3. The van der Waals surface area contributed by atoms with Crippen LogP contribution in [0.5, 0.6) is 0 Å². The monoisotopic (exact) mass is 336 g/mol. The van der Waals surface area contributed by atoms with Crippen molar-refractivity contribution in [3.63, 3.8) is 0 Å². The van der Waals surface area contributed by atoms with E-state index in [1.807, 2.05) is 0 Å². The van der Waals surface area contributed by atoms with Gasteiger partial charge in [0.2, 0.25) is 5.91 Å². The third-order valence-corrected chi connectivity index (χ3v) is 4.31. The van der Waals surface area contributed by atoms with Crippen molar-refractivity contribution in [2.45, 2.75) is 67.5 Å². The second-order valence-electron chi connectivity index (χ2n) is 6.03. The van der Waals surface area contributed by atoms with Crippen LogP contribution in [0.15, 0.2) is 0 Å². The number of hydrogen-bond donors (Lipinski definition) is 8. The smallest absolute Gasteiger partial charge is 0.249 e. The van der Waals surface area contributed by atoms with Gasteiger partial charge in [-0.05, 0) is 6.42 Å². The SMILES string of the molecule is NC(=O)C1OC(OC2C(N)CC(N)C(O)C2O)C(N)C(O)C1O. The van der Waals surface area contributed by atoms with Gasteiger partial charge >= 0.3 is 0 Å². The van der Waals surface area contributed by atoms with Crippen molar-refractivity contribution in [3.05, 3.63) is 0 Å². The molecule has 1 amide bonds. The molecule has 0 bridgehead atoms. The molecular formula is C12H24N4O7. The van der Waals surface area contributed by atoms with Crippen LogP contribution in [0.4, 0.5) is 0 Å². The zero-order chi connectivity index (χ0) is 17.5. The first-order chi connectivity index (χ1) is 10.6. The molecular weight excluding hydrogens is 312 g/mol. The van der Waals surface area contributed by atoms with Gasteiger partial charge in [-0.2, -0.15) is 0 Å². The maximum Gasteiger partial charge on any atom is 0.249 e. The van der Waals surface area contributed by atoms with E-state index in [2.05, 4.69) is 0 Å². The normalized spacial score (nSPS) is 51.4. The van der Waals surface area contributed by atoms with Crippen LogP contribution >= 0.6 is 0 Å². The Morgan fingerprint density at radius 2 is 1.57 bits per heavy atom. The summed E-state index contributed by atoms with van der Waals surface area (Å²) >= 11 is 0. The lowest BCUT2D eigenvalue weighted by Crippen LogP contribution is -2.68. The Kier molecular flexibility index (Phi) is 5.56. The van der Waals surface area contributed by atoms with Gasteiger partial charge in [0, 0.05) is 12.1 Å². The highest BCUT2D eigenvalue weighted by Gasteiger charge is 2.49. The van der Waals surface area contributed by atoms with Gasteiger partial charge in [-0.15, -0.1) is 0 Å². The molecule has 0 radical (unpaired) electrons. The molecule has 1 heterocycles. The van der Waals surface area contributed by atoms with E-state index in [0.29, 0.717) is 0 Å². The van der Waals surface area contributed by atoms with E-state index in [1.165, 1.54) is 0 Å². The first-order valence-electron chi connectivity index (χ1n) is 7.24. The second kappa shape index (κ2) is 6.93. The Morgan fingerprint density at radius 3 is 2.13 bits per heavy atom. The Labute approximate surface area is 132 Å². The molecule has 12 N–H and O–H groups in total. The number of carbonyl (C=O) groups excluding carboxylic acids is 1. The van der Waals surface area contributed by atoms with Crippen LogP contribution in [0.1, 0.15) is 6.42 Å². The topological polar surface area (TPSA) is 221 Å². The van der Waals surface area contributed by atoms with Crippen molar-refractivity contribution >= 4 is 5.91 Å². The molecule has 10 atom stereocenters. The zero-order valence-corrected chi connectivity index (χ0v) is 12.3. The van der Waals surface area contributed by atoms with Crippen LogP contribution in [-0.2, 0) is 14.3 Å². The average molecular weight is 336 g/mol. The molecule has 1 aliphatic carbocycles. The number of hydrogen-bond acceptors (Lipinski definition) is 10. The molecule has 11 nitrogen and oxygen atoms in total. The van der Waals surface area contributed by atoms with E-state index in [0.717, 1.165) is 0 Å². The van der Waals surface area contributed by atoms with Crippen LogP contribution in [0, 0.1) is 0 Å². The van der Waals surface area contributed by atoms with E-state index in [-0.39, 0.29) is 6.42 Å². The number of amides is 1. The summed E-state index contributed by atoms with van der Waals surface area (Å²) in [5.74, 6) is -1.01. The maximum absolute atomic E-state index is 11.3. The summed E-state index contributed by atoms with van der Waals surface area (Å²) in [6.45, 7) is 0. The quantitative estimate of drug-likeness (QED) is 0.244. The number of aliphatic hydroxyl groups excluding tert-OH is 4. The Balaban J connectivity index is 2.12. The highest BCUT2D eigenvalue weighted by molar-refractivity contribution is 5.79. The Bertz CT molecular complexity index is 442. The molecule has 1 saturated carbocycles. The molecule has 1 saturated heterocycles. The van der Waals surface area contributed by atoms with Gasteiger partial charge in [-0.25, -0.2) is 0 Å². The van der Waals surface area contributed by atoms with E-state index < -0.39 is 66.9 Å². The largest absolute Gasteiger partial charge is 0.389 e. The van der Waals surface area contributed by atoms with Gasteiger partial charge in [0.1, 0.15) is 24.4 Å². The summed E-state index contributed by atoms with van der Waals surface area (Å²) in [6.07, 6.45) is -9.60. The molecule has 2 rings (SSSR count). The summed E-state index contributed by atoms with van der Waals surface area (Å²) < 4.78 is 10.7. The van der Waals surface area contributed by atoms with Gasteiger partial charge in [-0.3, -0.25) is 4.79 Å². The predicted octanol–water partition coefficient (Wildman–Crippen LogP) is -5.59. The number of ether oxygens (including phenoxy) is 2. The van der Waals surface area contributed by atoms with E-state index in [1.54, 1.807) is 0 Å². The molecule has 2 aliphatic rings. The van der Waals surface area contributed by atoms with Crippen molar-refractivity contribution in [3.8, 4) is 0 Å². The van der Waals surface area contributed by atoms with Crippen LogP contribution < -0.4 is 22.9 Å². The van der Waals surface area contributed by atoms with Crippen molar-refractivity contribution < 1.29 is 34.7 Å². The average Bonchev–Trinajstić information content (AvgIpc) is 2.48. The van der Waals surface area contributed by atoms with Crippen LogP contribution in [0.3, 0.4) is 0 Å². The van der Waals surface area contributed by atoms with Crippen molar-refractivity contribution in [2.75, 3.05) is 0 Å². The molecule has 2 fully saturated rings. The van der Waals surface area contributed by atoms with Crippen molar-refractivity contribution in [2.24, 2.45) is 22.9 Å². The van der Waals surface area contributed by atoms with Crippen LogP contribution in [0.2, 0.25) is 0 Å². The summed E-state index contributed by atoms with van der Waals surface area (Å²) in [6, 6.07) is -2.66. The minimum Gasteiger partial charge on any atom is -0.389 e. The lowest BCUT2D eigenvalue weighted by molar-refractivity contribution is -0.284. The number of nitrogens with two attached hydrogens (primary N) is 4. The van der Waals surface area contributed by atoms with Crippen molar-refractivity contribution in [1.82, 2.24) is 0 Å². The molecule has 23 heavy (non-hydrogen) atoms. The van der Waals surface area contributed by atoms with Gasteiger partial charge < -0.3 is 52.8 Å². The highest BCUT2D eigenvalue weighted by Crippen LogP contribution is 2.27. The molecule has 1 aliphatic heterocycles. The highest BCUT2D eigenvalue weighted by atomic mass is 16.7. The number of rotatable bonds is 3. The Morgan fingerprint density at radius 1 is 0.957 bits per heavy atom. The first-order valence-corrected chi connectivity index (χ1v) is 7.24. The molecule has 0 aromatic rings. The molecule has 0 aromatic heterocycles. The molecule has 134 valence electrons. The van der Waals surface area contributed by atoms with Gasteiger partial charge in [0.25, 0.3) is 0 Å². The standard InChI is InChI=1S/C12H24N4O7/c13-2-1-3(14)9(7(19)5(2)17)22-12-4(15)6(18)8(20)10(23-12)11(16)21/h2-10,12,17-20H,1,13-15H2,(H2,16,21). The summed E-state index contributed by atoms with van der Waals surface area (Å²) in [4.78, 5) is 11.3. The van der Waals surface area contributed by atoms with E-state index >= 15 is 0 Å². The second-order valence-corrected chi connectivity index (χ2v) is 6.03. The fraction of sp³-hybridized carbons (Fsp3) is 0.917. The van der Waals surface area contributed by atoms with Gasteiger partial charge in [0.05, 0.1) is 12.1 Å². The number of carbonyl (C=O) groups is 1. The summed E-state index contributed by atoms with van der Waals surface area (Å²) in [7, 11) is 0. The molecule has 0 aromatic carbocycles. The fourth-order valence-electron chi connectivity index (χ4n) is 2.87. The maximum atomic E-state index is 11.3. The third kappa shape index (κ3) is 3.47. The lowest BCUT2D eigenvalue weighted by atomic mass is 9.84. The van der Waals surface area contributed by atoms with Gasteiger partial charge in [-0.1, -0.05) is 0 Å². The van der Waals surface area contributed by atoms with Gasteiger partial charge in [0.15, 0.2) is 12.4 Å². The minimum atomic E-state index is -1.61. The van der Waals surface area contributed by atoms with Crippen LogP contribution in [-0.4, -0.2) is 87.4 Å². The molecule has 0 spiro atoms. The molecule has 11 heteroatoms. The first kappa shape index (κ1) is 18.4. The fourth-order valence-corrected chi connectivity index (χ4v) is 2.87. The minimum absolute atomic E-state index is 0.176. The number of primary amides is 1. The zero-order valence-electron chi connectivity index (χ0n) is 12.3. The summed E-state index contributed by atoms with van der Waals surface area (Å²) in [5, 5.41) is 39.5. The predicted molar refractivity (Wildman–Crippen MR) is 75.3 cm³/mol. The van der Waals surface area contributed by atoms with E-state index in [9.17, 15) is 25.2 Å². The molecule has 10 unspecified atom stereocenters. The Hall–Kier alpha value is -0.890.